The van der Waals surface area contributed by atoms with Crippen LogP contribution in [0.15, 0.2) is 42.4 Å². The Bertz CT molecular complexity index is 873. The van der Waals surface area contributed by atoms with E-state index in [4.69, 9.17) is 14.2 Å². The molecule has 0 bridgehead atoms. The topological polar surface area (TPSA) is 74.7 Å². The first-order valence-corrected chi connectivity index (χ1v) is 8.32. The fraction of sp³-hybridized carbons (Fsp3) is 0.250. The van der Waals surface area contributed by atoms with Crippen molar-refractivity contribution >= 4 is 17.8 Å². The number of nitrogens with zero attached hydrogens (tertiary/aromatic N) is 1. The molecule has 1 aromatic heterocycles. The standard InChI is InChI=1S/C20H19NO5/c1-4-24-20(23)13(3)25-16-6-5-15-18(22)17(26-19(15)12(16)2)11-14-7-9-21-10-8-14/h5-11,13H,4H2,1-3H3/b17-11-. The van der Waals surface area contributed by atoms with Gasteiger partial charge < -0.3 is 14.2 Å². The van der Waals surface area contributed by atoms with E-state index in [9.17, 15) is 9.59 Å². The van der Waals surface area contributed by atoms with Crippen molar-refractivity contribution in [3.8, 4) is 11.5 Å². The van der Waals surface area contributed by atoms with Crippen LogP contribution in [-0.4, -0.2) is 29.4 Å². The first-order valence-electron chi connectivity index (χ1n) is 8.32. The molecular weight excluding hydrogens is 334 g/mol. The number of fused-ring (bicyclic) bond motifs is 1. The summed E-state index contributed by atoms with van der Waals surface area (Å²) in [5, 5.41) is 0. The number of hydrogen-bond acceptors (Lipinski definition) is 6. The molecule has 0 spiro atoms. The zero-order valence-corrected chi connectivity index (χ0v) is 14.8. The number of carbonyl (C=O) groups is 2. The molecule has 2 heterocycles. The summed E-state index contributed by atoms with van der Waals surface area (Å²) in [5.41, 5.74) is 1.95. The fourth-order valence-corrected chi connectivity index (χ4v) is 2.60. The van der Waals surface area contributed by atoms with Gasteiger partial charge in [-0.25, -0.2) is 4.79 Å². The molecule has 26 heavy (non-hydrogen) atoms. The van der Waals surface area contributed by atoms with E-state index in [1.807, 2.05) is 0 Å². The van der Waals surface area contributed by atoms with Gasteiger partial charge in [0.2, 0.25) is 5.78 Å². The molecule has 134 valence electrons. The predicted octanol–water partition coefficient (Wildman–Crippen LogP) is 3.34. The Labute approximate surface area is 151 Å². The van der Waals surface area contributed by atoms with Gasteiger partial charge in [-0.1, -0.05) is 0 Å². The number of ketones is 1. The van der Waals surface area contributed by atoms with E-state index in [0.29, 0.717) is 22.6 Å². The summed E-state index contributed by atoms with van der Waals surface area (Å²) in [6.45, 7) is 5.43. The van der Waals surface area contributed by atoms with E-state index in [-0.39, 0.29) is 18.1 Å². The van der Waals surface area contributed by atoms with E-state index >= 15 is 0 Å². The van der Waals surface area contributed by atoms with Crippen LogP contribution in [0.1, 0.15) is 35.3 Å². The average Bonchev–Trinajstić information content (AvgIpc) is 2.95. The highest BCUT2D eigenvalue weighted by molar-refractivity contribution is 6.14. The molecule has 1 aliphatic rings. The molecule has 2 aromatic rings. The van der Waals surface area contributed by atoms with Crippen molar-refractivity contribution in [2.24, 2.45) is 0 Å². The predicted molar refractivity (Wildman–Crippen MR) is 95.1 cm³/mol. The molecule has 0 N–H and O–H groups in total. The van der Waals surface area contributed by atoms with Crippen molar-refractivity contribution in [1.29, 1.82) is 0 Å². The molecule has 1 unspecified atom stereocenters. The third-order valence-corrected chi connectivity index (χ3v) is 3.96. The lowest BCUT2D eigenvalue weighted by Gasteiger charge is -2.16. The van der Waals surface area contributed by atoms with Gasteiger partial charge in [0.1, 0.15) is 11.5 Å². The molecule has 0 saturated heterocycles. The lowest BCUT2D eigenvalue weighted by molar-refractivity contribution is -0.150. The smallest absolute Gasteiger partial charge is 0.347 e. The van der Waals surface area contributed by atoms with Gasteiger partial charge in [-0.2, -0.15) is 0 Å². The molecule has 0 aliphatic carbocycles. The van der Waals surface area contributed by atoms with Crippen molar-refractivity contribution < 1.29 is 23.8 Å². The number of hydrogen-bond donors (Lipinski definition) is 0. The third-order valence-electron chi connectivity index (χ3n) is 3.96. The second kappa shape index (κ2) is 7.39. The molecule has 0 fully saturated rings. The Kier molecular flexibility index (Phi) is 5.02. The molecule has 0 radical (unpaired) electrons. The van der Waals surface area contributed by atoms with Gasteiger partial charge in [0.15, 0.2) is 11.9 Å². The number of esters is 1. The molecule has 6 heteroatoms. The summed E-state index contributed by atoms with van der Waals surface area (Å²) >= 11 is 0. The van der Waals surface area contributed by atoms with E-state index in [1.165, 1.54) is 0 Å². The SMILES string of the molecule is CCOC(=O)C(C)Oc1ccc2c(c1C)O/C(=C\c1ccncc1)C2=O. The minimum atomic E-state index is -0.754. The van der Waals surface area contributed by atoms with Gasteiger partial charge in [0.05, 0.1) is 12.2 Å². The van der Waals surface area contributed by atoms with Gasteiger partial charge in [0, 0.05) is 18.0 Å². The zero-order valence-electron chi connectivity index (χ0n) is 14.8. The van der Waals surface area contributed by atoms with Crippen molar-refractivity contribution in [2.75, 3.05) is 6.61 Å². The number of Topliss-reactive ketones (excluding diaryl/α,β-unsaturated/α-hetero) is 1. The second-order valence-electron chi connectivity index (χ2n) is 5.80. The quantitative estimate of drug-likeness (QED) is 0.606. The number of aromatic nitrogens is 1. The Balaban J connectivity index is 1.85. The summed E-state index contributed by atoms with van der Waals surface area (Å²) in [6, 6.07) is 6.88. The summed E-state index contributed by atoms with van der Waals surface area (Å²) < 4.78 is 16.4. The van der Waals surface area contributed by atoms with Gasteiger partial charge in [-0.3, -0.25) is 9.78 Å². The van der Waals surface area contributed by atoms with Crippen molar-refractivity contribution in [2.45, 2.75) is 26.9 Å². The van der Waals surface area contributed by atoms with Gasteiger partial charge in [-0.15, -0.1) is 0 Å². The van der Waals surface area contributed by atoms with E-state index in [2.05, 4.69) is 4.98 Å². The zero-order chi connectivity index (χ0) is 18.7. The van der Waals surface area contributed by atoms with E-state index < -0.39 is 12.1 Å². The molecule has 1 aliphatic heterocycles. The molecule has 0 saturated carbocycles. The van der Waals surface area contributed by atoms with Crippen molar-refractivity contribution in [3.05, 3.63) is 59.1 Å². The third kappa shape index (κ3) is 3.44. The number of benzene rings is 1. The molecule has 1 aromatic carbocycles. The van der Waals surface area contributed by atoms with E-state index in [0.717, 1.165) is 5.56 Å². The second-order valence-corrected chi connectivity index (χ2v) is 5.80. The van der Waals surface area contributed by atoms with Crippen molar-refractivity contribution in [3.63, 3.8) is 0 Å². The van der Waals surface area contributed by atoms with Crippen molar-refractivity contribution in [1.82, 2.24) is 4.98 Å². The van der Waals surface area contributed by atoms with Crippen LogP contribution in [0.25, 0.3) is 6.08 Å². The minimum Gasteiger partial charge on any atom is -0.479 e. The number of ether oxygens (including phenoxy) is 3. The molecule has 3 rings (SSSR count). The highest BCUT2D eigenvalue weighted by atomic mass is 16.6. The minimum absolute atomic E-state index is 0.190. The highest BCUT2D eigenvalue weighted by Crippen LogP contribution is 2.39. The summed E-state index contributed by atoms with van der Waals surface area (Å²) in [5.74, 6) is 0.531. The molecule has 0 amide bonds. The van der Waals surface area contributed by atoms with Crippen LogP contribution in [0.5, 0.6) is 11.5 Å². The van der Waals surface area contributed by atoms with Crippen LogP contribution in [0.4, 0.5) is 0 Å². The maximum absolute atomic E-state index is 12.6. The summed E-state index contributed by atoms with van der Waals surface area (Å²) in [6.07, 6.45) is 4.21. The largest absolute Gasteiger partial charge is 0.479 e. The Morgan fingerprint density at radius 1 is 1.27 bits per heavy atom. The number of rotatable bonds is 5. The Morgan fingerprint density at radius 3 is 2.69 bits per heavy atom. The lowest BCUT2D eigenvalue weighted by atomic mass is 10.1. The van der Waals surface area contributed by atoms with Gasteiger partial charge in [0.25, 0.3) is 0 Å². The van der Waals surface area contributed by atoms with Crippen LogP contribution < -0.4 is 9.47 Å². The summed E-state index contributed by atoms with van der Waals surface area (Å²) in [4.78, 5) is 28.3. The number of pyridine rings is 1. The number of carbonyl (C=O) groups excluding carboxylic acids is 2. The van der Waals surface area contributed by atoms with Crippen LogP contribution >= 0.6 is 0 Å². The van der Waals surface area contributed by atoms with Crippen LogP contribution in [0.3, 0.4) is 0 Å². The number of allylic oxidation sites excluding steroid dienone is 1. The van der Waals surface area contributed by atoms with Crippen LogP contribution in [0.2, 0.25) is 0 Å². The van der Waals surface area contributed by atoms with Crippen LogP contribution in [-0.2, 0) is 9.53 Å². The molecular formula is C20H19NO5. The van der Waals surface area contributed by atoms with Crippen LogP contribution in [0, 0.1) is 6.92 Å². The van der Waals surface area contributed by atoms with Gasteiger partial charge >= 0.3 is 5.97 Å². The molecule has 6 nitrogen and oxygen atoms in total. The lowest BCUT2D eigenvalue weighted by Crippen LogP contribution is -2.26. The summed E-state index contributed by atoms with van der Waals surface area (Å²) in [7, 11) is 0. The first-order chi connectivity index (χ1) is 12.5. The van der Waals surface area contributed by atoms with E-state index in [1.54, 1.807) is 63.5 Å². The average molecular weight is 353 g/mol. The normalized spacial score (nSPS) is 15.3. The monoisotopic (exact) mass is 353 g/mol. The highest BCUT2D eigenvalue weighted by Gasteiger charge is 2.30. The maximum Gasteiger partial charge on any atom is 0.347 e. The first kappa shape index (κ1) is 17.7. The molecule has 1 atom stereocenters. The van der Waals surface area contributed by atoms with Gasteiger partial charge in [-0.05, 0) is 56.7 Å². The fourth-order valence-electron chi connectivity index (χ4n) is 2.60. The Morgan fingerprint density at radius 2 is 2.00 bits per heavy atom. The maximum atomic E-state index is 12.6. The Hall–Kier alpha value is -3.15.